The number of nitrogens with zero attached hydrogens (tertiary/aromatic N) is 2. The number of hydrogen-bond acceptors (Lipinski definition) is 4. The van der Waals surface area contributed by atoms with E-state index in [-0.39, 0.29) is 11.7 Å². The summed E-state index contributed by atoms with van der Waals surface area (Å²) in [5.41, 5.74) is 6.86. The van der Waals surface area contributed by atoms with Gasteiger partial charge in [0.15, 0.2) is 5.13 Å². The second-order valence-electron chi connectivity index (χ2n) is 3.72. The predicted octanol–water partition coefficient (Wildman–Crippen LogP) is 2.63. The molecule has 0 aliphatic heterocycles. The van der Waals surface area contributed by atoms with E-state index in [4.69, 9.17) is 5.73 Å². The molecule has 0 amide bonds. The molecule has 6 heteroatoms. The van der Waals surface area contributed by atoms with Crippen LogP contribution < -0.4 is 5.73 Å². The van der Waals surface area contributed by atoms with Gasteiger partial charge in [0.1, 0.15) is 16.2 Å². The van der Waals surface area contributed by atoms with Crippen LogP contribution in [0.4, 0.5) is 9.52 Å². The smallest absolute Gasteiger partial charge is 0.229 e. The van der Waals surface area contributed by atoms with Crippen molar-refractivity contribution in [3.63, 3.8) is 0 Å². The van der Waals surface area contributed by atoms with Crippen molar-refractivity contribution in [2.75, 3.05) is 5.73 Å². The van der Waals surface area contributed by atoms with Crippen LogP contribution in [0, 0.1) is 5.82 Å². The lowest BCUT2D eigenvalue weighted by Gasteiger charge is -1.99. The van der Waals surface area contributed by atoms with Crippen molar-refractivity contribution in [1.82, 2.24) is 9.55 Å². The second kappa shape index (κ2) is 3.27. The molecule has 3 rings (SSSR count). The minimum absolute atomic E-state index is 0.139. The fourth-order valence-electron chi connectivity index (χ4n) is 1.97. The molecule has 4 nitrogen and oxygen atoms in total. The number of benzene rings is 1. The lowest BCUT2D eigenvalue weighted by atomic mass is 10.2. The molecule has 0 aliphatic rings. The largest absolute Gasteiger partial charge is 0.375 e. The van der Waals surface area contributed by atoms with E-state index in [1.165, 1.54) is 35.0 Å². The van der Waals surface area contributed by atoms with Crippen LogP contribution in [-0.4, -0.2) is 15.5 Å². The van der Waals surface area contributed by atoms with Gasteiger partial charge in [0, 0.05) is 12.3 Å². The average Bonchev–Trinajstić information content (AvgIpc) is 2.73. The molecule has 2 aromatic heterocycles. The molecule has 2 heterocycles. The van der Waals surface area contributed by atoms with Crippen LogP contribution in [0.5, 0.6) is 0 Å². The number of aromatic nitrogens is 2. The molecule has 0 spiro atoms. The SMILES string of the molecule is CC(=O)n1c2ccc(F)cc2c2nc(N)sc21. The summed E-state index contributed by atoms with van der Waals surface area (Å²) < 4.78 is 14.7. The third kappa shape index (κ3) is 1.34. The van der Waals surface area contributed by atoms with Crippen LogP contribution in [0.25, 0.3) is 21.3 Å². The number of halogens is 1. The molecule has 1 aromatic carbocycles. The number of thiazole rings is 1. The molecule has 0 atom stereocenters. The van der Waals surface area contributed by atoms with Crippen LogP contribution in [0.2, 0.25) is 0 Å². The number of nitrogens with two attached hydrogens (primary N) is 1. The topological polar surface area (TPSA) is 60.9 Å². The third-order valence-corrected chi connectivity index (χ3v) is 3.47. The molecule has 0 bridgehead atoms. The zero-order chi connectivity index (χ0) is 12.2. The number of carbonyl (C=O) groups is 1. The highest BCUT2D eigenvalue weighted by Gasteiger charge is 2.17. The van der Waals surface area contributed by atoms with E-state index in [0.717, 1.165) is 0 Å². The van der Waals surface area contributed by atoms with Gasteiger partial charge in [0.25, 0.3) is 0 Å². The molecule has 0 aliphatic carbocycles. The first-order valence-corrected chi connectivity index (χ1v) is 5.76. The van der Waals surface area contributed by atoms with Crippen LogP contribution in [0.15, 0.2) is 18.2 Å². The van der Waals surface area contributed by atoms with Gasteiger partial charge in [-0.05, 0) is 18.2 Å². The number of rotatable bonds is 0. The Morgan fingerprint density at radius 2 is 2.29 bits per heavy atom. The van der Waals surface area contributed by atoms with Crippen molar-refractivity contribution >= 4 is 43.6 Å². The first-order chi connectivity index (χ1) is 8.08. The Morgan fingerprint density at radius 1 is 1.53 bits per heavy atom. The Morgan fingerprint density at radius 3 is 3.00 bits per heavy atom. The lowest BCUT2D eigenvalue weighted by Crippen LogP contribution is -2.03. The molecule has 0 radical (unpaired) electrons. The van der Waals surface area contributed by atoms with E-state index < -0.39 is 0 Å². The van der Waals surface area contributed by atoms with E-state index in [9.17, 15) is 9.18 Å². The monoisotopic (exact) mass is 249 g/mol. The molecule has 0 saturated heterocycles. The van der Waals surface area contributed by atoms with Crippen LogP contribution in [0.1, 0.15) is 11.7 Å². The molecular formula is C11H8FN3OS. The Bertz CT molecular complexity index is 759. The average molecular weight is 249 g/mol. The van der Waals surface area contributed by atoms with Crippen LogP contribution in [0.3, 0.4) is 0 Å². The van der Waals surface area contributed by atoms with Gasteiger partial charge in [0.05, 0.1) is 5.52 Å². The Balaban J connectivity index is 2.59. The van der Waals surface area contributed by atoms with E-state index in [0.29, 0.717) is 26.4 Å². The lowest BCUT2D eigenvalue weighted by molar-refractivity contribution is 0.0947. The maximum Gasteiger partial charge on any atom is 0.229 e. The highest BCUT2D eigenvalue weighted by molar-refractivity contribution is 7.22. The maximum absolute atomic E-state index is 13.2. The van der Waals surface area contributed by atoms with Gasteiger partial charge in [-0.2, -0.15) is 0 Å². The summed E-state index contributed by atoms with van der Waals surface area (Å²) in [6.45, 7) is 1.46. The van der Waals surface area contributed by atoms with E-state index >= 15 is 0 Å². The summed E-state index contributed by atoms with van der Waals surface area (Å²) in [5.74, 6) is -0.494. The van der Waals surface area contributed by atoms with E-state index in [1.807, 2.05) is 0 Å². The molecule has 0 saturated carbocycles. The molecule has 2 N–H and O–H groups in total. The Hall–Kier alpha value is -1.95. The second-order valence-corrected chi connectivity index (χ2v) is 4.73. The highest BCUT2D eigenvalue weighted by atomic mass is 32.1. The van der Waals surface area contributed by atoms with Crippen molar-refractivity contribution in [2.24, 2.45) is 0 Å². The van der Waals surface area contributed by atoms with Crippen LogP contribution in [-0.2, 0) is 0 Å². The minimum Gasteiger partial charge on any atom is -0.375 e. The van der Waals surface area contributed by atoms with Gasteiger partial charge in [0.2, 0.25) is 5.91 Å². The summed E-state index contributed by atoms with van der Waals surface area (Å²) >= 11 is 1.23. The summed E-state index contributed by atoms with van der Waals surface area (Å²) in [5, 5.41) is 0.985. The van der Waals surface area contributed by atoms with Gasteiger partial charge in [-0.25, -0.2) is 9.37 Å². The molecule has 0 fully saturated rings. The number of nitrogen functional groups attached to an aromatic ring is 1. The third-order valence-electron chi connectivity index (χ3n) is 2.60. The van der Waals surface area contributed by atoms with Crippen molar-refractivity contribution in [3.05, 3.63) is 24.0 Å². The van der Waals surface area contributed by atoms with Gasteiger partial charge >= 0.3 is 0 Å². The normalized spacial score (nSPS) is 11.4. The Kier molecular flexibility index (Phi) is 1.97. The molecule has 86 valence electrons. The van der Waals surface area contributed by atoms with Gasteiger partial charge in [-0.15, -0.1) is 0 Å². The standard InChI is InChI=1S/C11H8FN3OS/c1-5(16)15-8-3-2-6(12)4-7(8)9-10(15)17-11(13)14-9/h2-4H,1H3,(H2,13,14). The number of hydrogen-bond donors (Lipinski definition) is 1. The van der Waals surface area contributed by atoms with Gasteiger partial charge in [-0.1, -0.05) is 11.3 Å². The van der Waals surface area contributed by atoms with E-state index in [1.54, 1.807) is 6.07 Å². The summed E-state index contributed by atoms with van der Waals surface area (Å²) in [4.78, 5) is 16.4. The number of fused-ring (bicyclic) bond motifs is 3. The first kappa shape index (κ1) is 10.2. The fourth-order valence-corrected chi connectivity index (χ4v) is 2.88. The molecule has 3 aromatic rings. The minimum atomic E-state index is -0.355. The molecular weight excluding hydrogens is 241 g/mol. The zero-order valence-corrected chi connectivity index (χ0v) is 9.71. The van der Waals surface area contributed by atoms with Crippen molar-refractivity contribution in [2.45, 2.75) is 6.92 Å². The predicted molar refractivity (Wildman–Crippen MR) is 65.8 cm³/mol. The van der Waals surface area contributed by atoms with E-state index in [2.05, 4.69) is 4.98 Å². The molecule has 0 unspecified atom stereocenters. The summed E-state index contributed by atoms with van der Waals surface area (Å²) in [6, 6.07) is 4.28. The first-order valence-electron chi connectivity index (χ1n) is 4.95. The summed E-state index contributed by atoms with van der Waals surface area (Å²) in [7, 11) is 0. The zero-order valence-electron chi connectivity index (χ0n) is 8.90. The van der Waals surface area contributed by atoms with Crippen molar-refractivity contribution < 1.29 is 9.18 Å². The maximum atomic E-state index is 13.2. The number of carbonyl (C=O) groups excluding carboxylic acids is 1. The van der Waals surface area contributed by atoms with Crippen molar-refractivity contribution in [1.29, 1.82) is 0 Å². The van der Waals surface area contributed by atoms with Gasteiger partial charge < -0.3 is 5.73 Å². The van der Waals surface area contributed by atoms with Gasteiger partial charge in [-0.3, -0.25) is 9.36 Å². The molecule has 17 heavy (non-hydrogen) atoms. The highest BCUT2D eigenvalue weighted by Crippen LogP contribution is 2.33. The quantitative estimate of drug-likeness (QED) is 0.666. The number of anilines is 1. The summed E-state index contributed by atoms with van der Waals surface area (Å²) in [6.07, 6.45) is 0. The fraction of sp³-hybridized carbons (Fsp3) is 0.0909. The Labute approximate surface area is 99.5 Å². The van der Waals surface area contributed by atoms with Crippen LogP contribution >= 0.6 is 11.3 Å². The van der Waals surface area contributed by atoms with Crippen molar-refractivity contribution in [3.8, 4) is 0 Å².